The summed E-state index contributed by atoms with van der Waals surface area (Å²) in [5, 5.41) is 3.65. The molecule has 0 bridgehead atoms. The van der Waals surface area contributed by atoms with E-state index in [4.69, 9.17) is 0 Å². The average Bonchev–Trinajstić information content (AvgIpc) is 2.30. The molecule has 1 saturated heterocycles. The second kappa shape index (κ2) is 5.75. The SMILES string of the molecule is Cc1ccc(N2CCC(NC(C)C)CC2)c(C)c1. The van der Waals surface area contributed by atoms with Crippen molar-refractivity contribution in [2.24, 2.45) is 0 Å². The van der Waals surface area contributed by atoms with Crippen LogP contribution in [0.4, 0.5) is 5.69 Å². The lowest BCUT2D eigenvalue weighted by atomic mass is 10.0. The van der Waals surface area contributed by atoms with E-state index in [1.807, 2.05) is 0 Å². The summed E-state index contributed by atoms with van der Waals surface area (Å²) in [7, 11) is 0. The number of aryl methyl sites for hydroxylation is 2. The highest BCUT2D eigenvalue weighted by atomic mass is 15.1. The normalized spacial score (nSPS) is 17.5. The van der Waals surface area contributed by atoms with Crippen molar-refractivity contribution < 1.29 is 0 Å². The first-order valence-electron chi connectivity index (χ1n) is 7.14. The van der Waals surface area contributed by atoms with E-state index in [-0.39, 0.29) is 0 Å². The maximum Gasteiger partial charge on any atom is 0.0396 e. The Morgan fingerprint density at radius 2 is 1.83 bits per heavy atom. The number of nitrogens with zero attached hydrogens (tertiary/aromatic N) is 1. The Labute approximate surface area is 111 Å². The van der Waals surface area contributed by atoms with E-state index in [9.17, 15) is 0 Å². The van der Waals surface area contributed by atoms with Gasteiger partial charge in [0, 0.05) is 30.9 Å². The maximum atomic E-state index is 3.65. The summed E-state index contributed by atoms with van der Waals surface area (Å²) in [5.74, 6) is 0. The molecule has 0 saturated carbocycles. The van der Waals surface area contributed by atoms with Gasteiger partial charge < -0.3 is 10.2 Å². The van der Waals surface area contributed by atoms with E-state index < -0.39 is 0 Å². The van der Waals surface area contributed by atoms with Crippen LogP contribution in [-0.2, 0) is 0 Å². The summed E-state index contributed by atoms with van der Waals surface area (Å²) in [6.07, 6.45) is 2.51. The number of hydrogen-bond acceptors (Lipinski definition) is 2. The minimum Gasteiger partial charge on any atom is -0.371 e. The van der Waals surface area contributed by atoms with Crippen LogP contribution in [-0.4, -0.2) is 25.2 Å². The number of nitrogens with one attached hydrogen (secondary N) is 1. The van der Waals surface area contributed by atoms with Crippen molar-refractivity contribution >= 4 is 5.69 Å². The lowest BCUT2D eigenvalue weighted by Gasteiger charge is -2.35. The highest BCUT2D eigenvalue weighted by Gasteiger charge is 2.20. The summed E-state index contributed by atoms with van der Waals surface area (Å²) >= 11 is 0. The standard InChI is InChI=1S/C16H26N2/c1-12(2)17-15-7-9-18(10-8-15)16-6-5-13(3)11-14(16)4/h5-6,11-12,15,17H,7-10H2,1-4H3. The summed E-state index contributed by atoms with van der Waals surface area (Å²) in [4.78, 5) is 2.54. The Hall–Kier alpha value is -1.02. The molecule has 0 atom stereocenters. The number of benzene rings is 1. The first-order chi connectivity index (χ1) is 8.56. The van der Waals surface area contributed by atoms with Gasteiger partial charge in [-0.1, -0.05) is 31.5 Å². The molecule has 1 aromatic carbocycles. The van der Waals surface area contributed by atoms with E-state index in [2.05, 4.69) is 56.1 Å². The molecule has 0 aliphatic carbocycles. The monoisotopic (exact) mass is 246 g/mol. The molecule has 0 aromatic heterocycles. The summed E-state index contributed by atoms with van der Waals surface area (Å²) in [6.45, 7) is 11.2. The lowest BCUT2D eigenvalue weighted by molar-refractivity contribution is 0.387. The molecule has 100 valence electrons. The third-order valence-electron chi connectivity index (χ3n) is 3.76. The minimum absolute atomic E-state index is 0.600. The van der Waals surface area contributed by atoms with Crippen LogP contribution in [0.5, 0.6) is 0 Å². The van der Waals surface area contributed by atoms with Crippen LogP contribution in [0, 0.1) is 13.8 Å². The summed E-state index contributed by atoms with van der Waals surface area (Å²) in [6, 6.07) is 8.09. The minimum atomic E-state index is 0.600. The van der Waals surface area contributed by atoms with Crippen LogP contribution >= 0.6 is 0 Å². The van der Waals surface area contributed by atoms with Crippen molar-refractivity contribution in [1.29, 1.82) is 0 Å². The van der Waals surface area contributed by atoms with E-state index in [1.165, 1.54) is 42.7 Å². The van der Waals surface area contributed by atoms with Gasteiger partial charge in [-0.05, 0) is 38.3 Å². The maximum absolute atomic E-state index is 3.65. The van der Waals surface area contributed by atoms with Crippen molar-refractivity contribution in [3.8, 4) is 0 Å². The Morgan fingerprint density at radius 3 is 2.39 bits per heavy atom. The third-order valence-corrected chi connectivity index (χ3v) is 3.76. The van der Waals surface area contributed by atoms with Crippen LogP contribution in [0.25, 0.3) is 0 Å². The zero-order valence-corrected chi connectivity index (χ0v) is 12.2. The fourth-order valence-corrected chi connectivity index (χ4v) is 2.92. The molecular formula is C16H26N2. The molecule has 1 aliphatic rings. The molecule has 1 aliphatic heterocycles. The third kappa shape index (κ3) is 3.26. The van der Waals surface area contributed by atoms with Crippen molar-refractivity contribution in [3.63, 3.8) is 0 Å². The largest absolute Gasteiger partial charge is 0.371 e. The molecule has 2 nitrogen and oxygen atoms in total. The van der Waals surface area contributed by atoms with Gasteiger partial charge in [0.25, 0.3) is 0 Å². The Kier molecular flexibility index (Phi) is 4.28. The van der Waals surface area contributed by atoms with E-state index in [1.54, 1.807) is 0 Å². The van der Waals surface area contributed by atoms with E-state index >= 15 is 0 Å². The van der Waals surface area contributed by atoms with Crippen molar-refractivity contribution in [2.75, 3.05) is 18.0 Å². The molecule has 2 rings (SSSR count). The number of hydrogen-bond donors (Lipinski definition) is 1. The quantitative estimate of drug-likeness (QED) is 0.880. The fraction of sp³-hybridized carbons (Fsp3) is 0.625. The number of rotatable bonds is 3. The average molecular weight is 246 g/mol. The highest BCUT2D eigenvalue weighted by Crippen LogP contribution is 2.24. The molecule has 1 heterocycles. The second-order valence-electron chi connectivity index (χ2n) is 5.87. The zero-order valence-electron chi connectivity index (χ0n) is 12.2. The molecule has 0 amide bonds. The molecule has 0 spiro atoms. The second-order valence-corrected chi connectivity index (χ2v) is 5.87. The van der Waals surface area contributed by atoms with Crippen molar-refractivity contribution in [3.05, 3.63) is 29.3 Å². The Balaban J connectivity index is 1.97. The predicted molar refractivity (Wildman–Crippen MR) is 79.4 cm³/mol. The predicted octanol–water partition coefficient (Wildman–Crippen LogP) is 3.27. The molecule has 1 fully saturated rings. The van der Waals surface area contributed by atoms with Crippen LogP contribution in [0.1, 0.15) is 37.8 Å². The first kappa shape index (κ1) is 13.4. The van der Waals surface area contributed by atoms with Gasteiger partial charge in [0.15, 0.2) is 0 Å². The van der Waals surface area contributed by atoms with Crippen molar-refractivity contribution in [1.82, 2.24) is 5.32 Å². The van der Waals surface area contributed by atoms with Gasteiger partial charge in [0.2, 0.25) is 0 Å². The number of anilines is 1. The van der Waals surface area contributed by atoms with Gasteiger partial charge in [-0.3, -0.25) is 0 Å². The molecule has 18 heavy (non-hydrogen) atoms. The molecule has 0 radical (unpaired) electrons. The molecule has 0 unspecified atom stereocenters. The molecule has 2 heteroatoms. The van der Waals surface area contributed by atoms with Gasteiger partial charge >= 0.3 is 0 Å². The molecular weight excluding hydrogens is 220 g/mol. The lowest BCUT2D eigenvalue weighted by Crippen LogP contribution is -2.44. The Bertz CT molecular complexity index is 390. The zero-order chi connectivity index (χ0) is 13.1. The van der Waals surface area contributed by atoms with Crippen LogP contribution in [0.2, 0.25) is 0 Å². The van der Waals surface area contributed by atoms with Gasteiger partial charge in [-0.15, -0.1) is 0 Å². The topological polar surface area (TPSA) is 15.3 Å². The van der Waals surface area contributed by atoms with Crippen LogP contribution < -0.4 is 10.2 Å². The van der Waals surface area contributed by atoms with Gasteiger partial charge in [0.1, 0.15) is 0 Å². The van der Waals surface area contributed by atoms with Gasteiger partial charge in [0.05, 0.1) is 0 Å². The Morgan fingerprint density at radius 1 is 1.17 bits per heavy atom. The van der Waals surface area contributed by atoms with E-state index in [0.29, 0.717) is 12.1 Å². The van der Waals surface area contributed by atoms with E-state index in [0.717, 1.165) is 0 Å². The summed E-state index contributed by atoms with van der Waals surface area (Å²) in [5.41, 5.74) is 4.18. The fourth-order valence-electron chi connectivity index (χ4n) is 2.92. The first-order valence-corrected chi connectivity index (χ1v) is 7.14. The van der Waals surface area contributed by atoms with Crippen LogP contribution in [0.3, 0.4) is 0 Å². The smallest absolute Gasteiger partial charge is 0.0396 e. The van der Waals surface area contributed by atoms with Crippen LogP contribution in [0.15, 0.2) is 18.2 Å². The molecule has 1 aromatic rings. The van der Waals surface area contributed by atoms with Gasteiger partial charge in [-0.2, -0.15) is 0 Å². The highest BCUT2D eigenvalue weighted by molar-refractivity contribution is 5.54. The van der Waals surface area contributed by atoms with Crippen molar-refractivity contribution in [2.45, 2.75) is 52.6 Å². The summed E-state index contributed by atoms with van der Waals surface area (Å²) < 4.78 is 0. The number of piperidine rings is 1. The van der Waals surface area contributed by atoms with Gasteiger partial charge in [-0.25, -0.2) is 0 Å². The molecule has 1 N–H and O–H groups in total.